The highest BCUT2D eigenvalue weighted by atomic mass is 19.1. The largest absolute Gasteiger partial charge is 0.365 e. The number of aldehydes is 1. The minimum absolute atomic E-state index is 0.175. The Morgan fingerprint density at radius 2 is 1.91 bits per heavy atom. The molecule has 0 spiro atoms. The molecule has 0 bridgehead atoms. The first kappa shape index (κ1) is 15.1. The summed E-state index contributed by atoms with van der Waals surface area (Å²) in [6.45, 7) is 1.87. The third kappa shape index (κ3) is 2.65. The Hall–Kier alpha value is -2.82. The highest BCUT2D eigenvalue weighted by molar-refractivity contribution is 6.40. The van der Waals surface area contributed by atoms with Gasteiger partial charge in [0.25, 0.3) is 5.91 Å². The van der Waals surface area contributed by atoms with E-state index in [4.69, 9.17) is 5.73 Å². The molecule has 0 aromatic heterocycles. The van der Waals surface area contributed by atoms with Crippen LogP contribution < -0.4 is 5.73 Å². The van der Waals surface area contributed by atoms with Crippen LogP contribution in [0.1, 0.15) is 34.3 Å². The summed E-state index contributed by atoms with van der Waals surface area (Å²) in [6.07, 6.45) is 0.727. The van der Waals surface area contributed by atoms with E-state index < -0.39 is 5.91 Å². The lowest BCUT2D eigenvalue weighted by molar-refractivity contribution is -0.112. The van der Waals surface area contributed by atoms with E-state index in [1.165, 1.54) is 12.1 Å². The monoisotopic (exact) mass is 310 g/mol. The minimum atomic E-state index is -0.591. The van der Waals surface area contributed by atoms with Crippen molar-refractivity contribution >= 4 is 23.6 Å². The lowest BCUT2D eigenvalue weighted by atomic mass is 9.76. The van der Waals surface area contributed by atoms with Gasteiger partial charge in [0.1, 0.15) is 17.8 Å². The van der Waals surface area contributed by atoms with Crippen molar-refractivity contribution in [2.75, 3.05) is 0 Å². The van der Waals surface area contributed by atoms with Gasteiger partial charge in [0.15, 0.2) is 0 Å². The molecule has 2 unspecified atom stereocenters. The molecule has 0 fully saturated rings. The lowest BCUT2D eigenvalue weighted by Crippen LogP contribution is -2.34. The number of hydrogen-bond donors (Lipinski definition) is 1. The Labute approximate surface area is 132 Å². The average molecular weight is 310 g/mol. The number of halogens is 1. The summed E-state index contributed by atoms with van der Waals surface area (Å²) in [5, 5.41) is 0. The average Bonchev–Trinajstić information content (AvgIpc) is 2.55. The minimum Gasteiger partial charge on any atom is -0.365 e. The van der Waals surface area contributed by atoms with E-state index in [-0.39, 0.29) is 23.4 Å². The fraction of sp³-hybridized carbons (Fsp3) is 0.167. The van der Waals surface area contributed by atoms with Gasteiger partial charge < -0.3 is 5.73 Å². The van der Waals surface area contributed by atoms with Crippen LogP contribution >= 0.6 is 0 Å². The first-order valence-electron chi connectivity index (χ1n) is 7.24. The second kappa shape index (κ2) is 5.76. The van der Waals surface area contributed by atoms with E-state index in [2.05, 4.69) is 4.99 Å². The molecule has 0 saturated carbocycles. The molecule has 0 saturated heterocycles. The van der Waals surface area contributed by atoms with Crippen LogP contribution in [0.4, 0.5) is 10.1 Å². The number of carbonyl (C=O) groups is 2. The molecule has 2 N–H and O–H groups in total. The molecule has 5 heteroatoms. The van der Waals surface area contributed by atoms with Crippen molar-refractivity contribution in [2.45, 2.75) is 12.8 Å². The van der Waals surface area contributed by atoms with Crippen LogP contribution in [-0.4, -0.2) is 17.9 Å². The third-order valence-electron chi connectivity index (χ3n) is 4.18. The first-order valence-corrected chi connectivity index (χ1v) is 7.24. The molecule has 3 rings (SSSR count). The van der Waals surface area contributed by atoms with Gasteiger partial charge in [0.2, 0.25) is 0 Å². The summed E-state index contributed by atoms with van der Waals surface area (Å²) < 4.78 is 13.2. The molecule has 2 aromatic carbocycles. The highest BCUT2D eigenvalue weighted by Gasteiger charge is 2.33. The van der Waals surface area contributed by atoms with Crippen molar-refractivity contribution in [3.63, 3.8) is 0 Å². The van der Waals surface area contributed by atoms with E-state index in [0.29, 0.717) is 11.3 Å². The molecule has 23 heavy (non-hydrogen) atoms. The number of hydrogen-bond acceptors (Lipinski definition) is 3. The van der Waals surface area contributed by atoms with Gasteiger partial charge in [-0.05, 0) is 29.3 Å². The number of nitrogens with two attached hydrogens (primary N) is 1. The molecule has 116 valence electrons. The maximum Gasteiger partial charge on any atom is 0.263 e. The molecule has 1 amide bonds. The summed E-state index contributed by atoms with van der Waals surface area (Å²) in [6, 6.07) is 11.3. The van der Waals surface area contributed by atoms with Gasteiger partial charge in [0, 0.05) is 17.4 Å². The zero-order chi connectivity index (χ0) is 16.6. The number of primary amides is 1. The van der Waals surface area contributed by atoms with Gasteiger partial charge in [-0.1, -0.05) is 31.2 Å². The van der Waals surface area contributed by atoms with Gasteiger partial charge in [-0.25, -0.2) is 9.38 Å². The fourth-order valence-corrected chi connectivity index (χ4v) is 3.07. The number of benzene rings is 2. The Balaban J connectivity index is 2.20. The van der Waals surface area contributed by atoms with Gasteiger partial charge in [-0.3, -0.25) is 9.59 Å². The van der Waals surface area contributed by atoms with Gasteiger partial charge in [-0.15, -0.1) is 0 Å². The summed E-state index contributed by atoms with van der Waals surface area (Å²) in [7, 11) is 0. The van der Waals surface area contributed by atoms with E-state index in [9.17, 15) is 14.0 Å². The summed E-state index contributed by atoms with van der Waals surface area (Å²) in [4.78, 5) is 27.0. The number of aliphatic imine (C=N–C) groups is 1. The third-order valence-corrected chi connectivity index (χ3v) is 4.18. The van der Waals surface area contributed by atoms with Gasteiger partial charge in [0.05, 0.1) is 5.69 Å². The Morgan fingerprint density at radius 1 is 1.22 bits per heavy atom. The predicted molar refractivity (Wildman–Crippen MR) is 85.5 cm³/mol. The quantitative estimate of drug-likeness (QED) is 0.885. The van der Waals surface area contributed by atoms with E-state index >= 15 is 0 Å². The number of rotatable bonds is 3. The van der Waals surface area contributed by atoms with Crippen molar-refractivity contribution < 1.29 is 14.0 Å². The molecule has 0 aliphatic carbocycles. The normalized spacial score (nSPS) is 19.7. The highest BCUT2D eigenvalue weighted by Crippen LogP contribution is 2.42. The standard InChI is InChI=1S/C18H15FN2O2/c1-10-16(12-3-5-13(19)6-4-12)14-7-2-11(9-22)8-15(14)21-17(10)18(20)23/h2-10,16H,1H3,(H2,20,23). The molecule has 1 heterocycles. The number of amides is 1. The molecule has 1 aliphatic rings. The smallest absolute Gasteiger partial charge is 0.263 e. The van der Waals surface area contributed by atoms with E-state index in [1.54, 1.807) is 24.3 Å². The topological polar surface area (TPSA) is 72.5 Å². The summed E-state index contributed by atoms with van der Waals surface area (Å²) in [5.41, 5.74) is 8.49. The molecular formula is C18H15FN2O2. The van der Waals surface area contributed by atoms with Crippen molar-refractivity contribution in [3.05, 3.63) is 65.0 Å². The number of fused-ring (bicyclic) bond motifs is 1. The summed E-state index contributed by atoms with van der Waals surface area (Å²) in [5.74, 6) is -1.33. The molecule has 2 atom stereocenters. The van der Waals surface area contributed by atoms with E-state index in [1.807, 2.05) is 13.0 Å². The molecular weight excluding hydrogens is 295 g/mol. The Bertz CT molecular complexity index is 812. The van der Waals surface area contributed by atoms with Gasteiger partial charge >= 0.3 is 0 Å². The van der Waals surface area contributed by atoms with Crippen LogP contribution in [0.25, 0.3) is 0 Å². The number of carbonyl (C=O) groups excluding carboxylic acids is 2. The Morgan fingerprint density at radius 3 is 2.52 bits per heavy atom. The first-order chi connectivity index (χ1) is 11.0. The van der Waals surface area contributed by atoms with Crippen molar-refractivity contribution in [3.8, 4) is 0 Å². The van der Waals surface area contributed by atoms with Crippen LogP contribution in [-0.2, 0) is 4.79 Å². The van der Waals surface area contributed by atoms with E-state index in [0.717, 1.165) is 17.4 Å². The molecule has 1 aliphatic heterocycles. The van der Waals surface area contributed by atoms with Crippen molar-refractivity contribution in [1.29, 1.82) is 0 Å². The second-order valence-corrected chi connectivity index (χ2v) is 5.62. The lowest BCUT2D eigenvalue weighted by Gasteiger charge is -2.30. The maximum atomic E-state index is 13.2. The van der Waals surface area contributed by atoms with Crippen LogP contribution in [0.15, 0.2) is 47.5 Å². The molecule has 2 aromatic rings. The maximum absolute atomic E-state index is 13.2. The van der Waals surface area contributed by atoms with Crippen LogP contribution in [0.3, 0.4) is 0 Å². The van der Waals surface area contributed by atoms with Gasteiger partial charge in [-0.2, -0.15) is 0 Å². The Kier molecular flexibility index (Phi) is 3.78. The van der Waals surface area contributed by atoms with Crippen LogP contribution in [0.5, 0.6) is 0 Å². The SMILES string of the molecule is CC1C(C(N)=O)=Nc2cc(C=O)ccc2C1c1ccc(F)cc1. The molecule has 4 nitrogen and oxygen atoms in total. The zero-order valence-electron chi connectivity index (χ0n) is 12.5. The van der Waals surface area contributed by atoms with Crippen LogP contribution in [0, 0.1) is 11.7 Å². The fourth-order valence-electron chi connectivity index (χ4n) is 3.07. The van der Waals surface area contributed by atoms with Crippen molar-refractivity contribution in [2.24, 2.45) is 16.6 Å². The molecule has 0 radical (unpaired) electrons. The number of nitrogens with zero attached hydrogens (tertiary/aromatic N) is 1. The summed E-state index contributed by atoms with van der Waals surface area (Å²) >= 11 is 0. The van der Waals surface area contributed by atoms with Crippen molar-refractivity contribution in [1.82, 2.24) is 0 Å². The second-order valence-electron chi connectivity index (χ2n) is 5.62. The zero-order valence-corrected chi connectivity index (χ0v) is 12.5. The predicted octanol–water partition coefficient (Wildman–Crippen LogP) is 2.98. The van der Waals surface area contributed by atoms with Crippen LogP contribution in [0.2, 0.25) is 0 Å².